The Kier molecular flexibility index (Phi) is 3.55. The number of alkyl carbamates (subject to hydrolysis) is 1. The van der Waals surface area contributed by atoms with Gasteiger partial charge in [0.15, 0.2) is 0 Å². The molecule has 86 valence electrons. The first kappa shape index (κ1) is 11.8. The standard InChI is InChI=1S/C10H18N2O3/c1-10(2,3)15-9(14)12-6-7-4-8(13)11-5-7/h7H,4-6H2,1-3H3,(H,11,13)(H,12,14)/t7-/m0/s1. The van der Waals surface area contributed by atoms with E-state index in [0.717, 1.165) is 0 Å². The van der Waals surface area contributed by atoms with Crippen LogP contribution < -0.4 is 10.6 Å². The molecule has 0 saturated carbocycles. The SMILES string of the molecule is CC(C)(C)OC(=O)NC[C@@H]1CNC(=O)C1. The van der Waals surface area contributed by atoms with E-state index in [0.29, 0.717) is 19.5 Å². The molecule has 0 aromatic carbocycles. The predicted octanol–water partition coefficient (Wildman–Crippen LogP) is 0.647. The molecule has 0 aliphatic carbocycles. The van der Waals surface area contributed by atoms with Crippen LogP contribution in [0.1, 0.15) is 27.2 Å². The van der Waals surface area contributed by atoms with Crippen molar-refractivity contribution in [3.8, 4) is 0 Å². The van der Waals surface area contributed by atoms with Crippen LogP contribution in [0.4, 0.5) is 4.79 Å². The molecule has 15 heavy (non-hydrogen) atoms. The third kappa shape index (κ3) is 4.67. The Morgan fingerprint density at radius 2 is 2.27 bits per heavy atom. The van der Waals surface area contributed by atoms with Gasteiger partial charge in [-0.25, -0.2) is 4.79 Å². The van der Waals surface area contributed by atoms with Crippen molar-refractivity contribution in [1.29, 1.82) is 0 Å². The van der Waals surface area contributed by atoms with Crippen molar-refractivity contribution in [2.75, 3.05) is 13.1 Å². The summed E-state index contributed by atoms with van der Waals surface area (Å²) in [5, 5.41) is 5.36. The molecule has 0 aromatic heterocycles. The van der Waals surface area contributed by atoms with Crippen LogP contribution in [0.2, 0.25) is 0 Å². The number of ether oxygens (including phenoxy) is 1. The zero-order valence-corrected chi connectivity index (χ0v) is 9.42. The minimum absolute atomic E-state index is 0.0472. The fraction of sp³-hybridized carbons (Fsp3) is 0.800. The lowest BCUT2D eigenvalue weighted by Crippen LogP contribution is -2.35. The van der Waals surface area contributed by atoms with E-state index >= 15 is 0 Å². The summed E-state index contributed by atoms with van der Waals surface area (Å²) in [6.45, 7) is 6.55. The Morgan fingerprint density at radius 1 is 1.60 bits per heavy atom. The Labute approximate surface area is 89.6 Å². The molecule has 1 fully saturated rings. The van der Waals surface area contributed by atoms with Crippen molar-refractivity contribution >= 4 is 12.0 Å². The van der Waals surface area contributed by atoms with Gasteiger partial charge in [-0.15, -0.1) is 0 Å². The van der Waals surface area contributed by atoms with Crippen molar-refractivity contribution in [3.05, 3.63) is 0 Å². The molecule has 1 atom stereocenters. The van der Waals surface area contributed by atoms with E-state index in [9.17, 15) is 9.59 Å². The van der Waals surface area contributed by atoms with Crippen LogP contribution in [0, 0.1) is 5.92 Å². The molecule has 0 aromatic rings. The van der Waals surface area contributed by atoms with Crippen LogP contribution in [0.15, 0.2) is 0 Å². The average Bonchev–Trinajstić information content (AvgIpc) is 2.45. The van der Waals surface area contributed by atoms with E-state index in [4.69, 9.17) is 4.74 Å². The molecule has 0 unspecified atom stereocenters. The maximum Gasteiger partial charge on any atom is 0.407 e. The maximum atomic E-state index is 11.3. The Balaban J connectivity index is 2.20. The van der Waals surface area contributed by atoms with Crippen molar-refractivity contribution in [1.82, 2.24) is 10.6 Å². The monoisotopic (exact) mass is 214 g/mol. The zero-order chi connectivity index (χ0) is 11.5. The van der Waals surface area contributed by atoms with Gasteiger partial charge < -0.3 is 15.4 Å². The first-order chi connectivity index (χ1) is 6.87. The molecule has 2 amide bonds. The summed E-state index contributed by atoms with van der Waals surface area (Å²) in [5.41, 5.74) is -0.478. The third-order valence-corrected chi connectivity index (χ3v) is 2.00. The van der Waals surface area contributed by atoms with E-state index in [1.807, 2.05) is 20.8 Å². The van der Waals surface area contributed by atoms with Crippen molar-refractivity contribution in [3.63, 3.8) is 0 Å². The minimum Gasteiger partial charge on any atom is -0.444 e. The molecular formula is C10H18N2O3. The molecule has 1 rings (SSSR count). The molecule has 0 bridgehead atoms. The predicted molar refractivity (Wildman–Crippen MR) is 55.4 cm³/mol. The lowest BCUT2D eigenvalue weighted by molar-refractivity contribution is -0.119. The fourth-order valence-corrected chi connectivity index (χ4v) is 1.35. The number of nitrogens with one attached hydrogen (secondary N) is 2. The molecule has 1 aliphatic rings. The first-order valence-electron chi connectivity index (χ1n) is 5.10. The van der Waals surface area contributed by atoms with Crippen LogP contribution in [0.25, 0.3) is 0 Å². The van der Waals surface area contributed by atoms with Crippen LogP contribution in [-0.2, 0) is 9.53 Å². The molecule has 0 radical (unpaired) electrons. The average molecular weight is 214 g/mol. The van der Waals surface area contributed by atoms with E-state index in [1.54, 1.807) is 0 Å². The summed E-state index contributed by atoms with van der Waals surface area (Å²) >= 11 is 0. The summed E-state index contributed by atoms with van der Waals surface area (Å²) in [6, 6.07) is 0. The number of carbonyl (C=O) groups is 2. The molecule has 2 N–H and O–H groups in total. The summed E-state index contributed by atoms with van der Waals surface area (Å²) in [6.07, 6.45) is 0.0531. The molecule has 0 spiro atoms. The highest BCUT2D eigenvalue weighted by atomic mass is 16.6. The molecular weight excluding hydrogens is 196 g/mol. The topological polar surface area (TPSA) is 67.4 Å². The van der Waals surface area contributed by atoms with E-state index in [2.05, 4.69) is 10.6 Å². The van der Waals surface area contributed by atoms with E-state index < -0.39 is 11.7 Å². The zero-order valence-electron chi connectivity index (χ0n) is 9.42. The van der Waals surface area contributed by atoms with Gasteiger partial charge >= 0.3 is 6.09 Å². The number of hydrogen-bond acceptors (Lipinski definition) is 3. The first-order valence-corrected chi connectivity index (χ1v) is 5.10. The molecule has 5 heteroatoms. The summed E-state index contributed by atoms with van der Waals surface area (Å²) in [4.78, 5) is 22.1. The highest BCUT2D eigenvalue weighted by Crippen LogP contribution is 2.09. The van der Waals surface area contributed by atoms with Crippen LogP contribution in [0.5, 0.6) is 0 Å². The van der Waals surface area contributed by atoms with E-state index in [-0.39, 0.29) is 11.8 Å². The van der Waals surface area contributed by atoms with Gasteiger partial charge in [0, 0.05) is 25.4 Å². The highest BCUT2D eigenvalue weighted by molar-refractivity contribution is 5.78. The van der Waals surface area contributed by atoms with Gasteiger partial charge in [0.1, 0.15) is 5.60 Å². The van der Waals surface area contributed by atoms with Gasteiger partial charge in [0.25, 0.3) is 0 Å². The Hall–Kier alpha value is -1.26. The molecule has 5 nitrogen and oxygen atoms in total. The number of hydrogen-bond donors (Lipinski definition) is 2. The second-order valence-corrected chi connectivity index (χ2v) is 4.76. The third-order valence-electron chi connectivity index (χ3n) is 2.00. The smallest absolute Gasteiger partial charge is 0.407 e. The van der Waals surface area contributed by atoms with Gasteiger partial charge in [-0.1, -0.05) is 0 Å². The maximum absolute atomic E-state index is 11.3. The fourth-order valence-electron chi connectivity index (χ4n) is 1.35. The van der Waals surface area contributed by atoms with Gasteiger partial charge in [-0.2, -0.15) is 0 Å². The highest BCUT2D eigenvalue weighted by Gasteiger charge is 2.23. The quantitative estimate of drug-likeness (QED) is 0.709. The Bertz CT molecular complexity index is 258. The van der Waals surface area contributed by atoms with Crippen LogP contribution >= 0.6 is 0 Å². The summed E-state index contributed by atoms with van der Waals surface area (Å²) in [5.74, 6) is 0.232. The lowest BCUT2D eigenvalue weighted by atomic mass is 10.1. The summed E-state index contributed by atoms with van der Waals surface area (Å²) in [7, 11) is 0. The normalized spacial score (nSPS) is 21.0. The summed E-state index contributed by atoms with van der Waals surface area (Å²) < 4.78 is 5.07. The lowest BCUT2D eigenvalue weighted by Gasteiger charge is -2.20. The second kappa shape index (κ2) is 4.51. The van der Waals surface area contributed by atoms with Gasteiger partial charge in [0.05, 0.1) is 0 Å². The van der Waals surface area contributed by atoms with E-state index in [1.165, 1.54) is 0 Å². The number of rotatable bonds is 2. The number of carbonyl (C=O) groups excluding carboxylic acids is 2. The molecule has 1 heterocycles. The number of amides is 2. The van der Waals surface area contributed by atoms with Gasteiger partial charge in [-0.3, -0.25) is 4.79 Å². The van der Waals surface area contributed by atoms with Crippen molar-refractivity contribution in [2.45, 2.75) is 32.8 Å². The van der Waals surface area contributed by atoms with Gasteiger partial charge in [-0.05, 0) is 20.8 Å². The van der Waals surface area contributed by atoms with Crippen LogP contribution in [0.3, 0.4) is 0 Å². The largest absolute Gasteiger partial charge is 0.444 e. The van der Waals surface area contributed by atoms with Crippen LogP contribution in [-0.4, -0.2) is 30.7 Å². The second-order valence-electron chi connectivity index (χ2n) is 4.76. The molecule has 1 aliphatic heterocycles. The molecule has 1 saturated heterocycles. The van der Waals surface area contributed by atoms with Crippen molar-refractivity contribution in [2.24, 2.45) is 5.92 Å². The van der Waals surface area contributed by atoms with Crippen molar-refractivity contribution < 1.29 is 14.3 Å². The Morgan fingerprint density at radius 3 is 2.73 bits per heavy atom. The minimum atomic E-state index is -0.478. The van der Waals surface area contributed by atoms with Gasteiger partial charge in [0.2, 0.25) is 5.91 Å².